The lowest BCUT2D eigenvalue weighted by Gasteiger charge is -2.37. The van der Waals surface area contributed by atoms with Crippen LogP contribution in [0.25, 0.3) is 0 Å². The summed E-state index contributed by atoms with van der Waals surface area (Å²) >= 11 is 0. The van der Waals surface area contributed by atoms with Crippen molar-refractivity contribution in [3.8, 4) is 0 Å². The quantitative estimate of drug-likeness (QED) is 0.593. The molecule has 1 aliphatic heterocycles. The number of fused-ring (bicyclic) bond motifs is 1. The maximum absolute atomic E-state index is 13.9. The zero-order valence-corrected chi connectivity index (χ0v) is 19.2. The number of benzene rings is 3. The zero-order chi connectivity index (χ0) is 23.7. The van der Waals surface area contributed by atoms with E-state index in [9.17, 15) is 18.0 Å². The summed E-state index contributed by atoms with van der Waals surface area (Å²) in [6, 6.07) is 22.3. The Morgan fingerprint density at radius 3 is 2.21 bits per heavy atom. The third-order valence-corrected chi connectivity index (χ3v) is 7.68. The van der Waals surface area contributed by atoms with Crippen LogP contribution in [0, 0.1) is 0 Å². The number of nitrogens with zero attached hydrogens (tertiary/aromatic N) is 1. The Labute approximate surface area is 198 Å². The summed E-state index contributed by atoms with van der Waals surface area (Å²) in [5, 5.41) is 2.92. The van der Waals surface area contributed by atoms with Crippen molar-refractivity contribution < 1.29 is 18.0 Å². The summed E-state index contributed by atoms with van der Waals surface area (Å²) in [5.41, 5.74) is 1.74. The van der Waals surface area contributed by atoms with Crippen molar-refractivity contribution in [3.05, 3.63) is 102 Å². The van der Waals surface area contributed by atoms with Crippen LogP contribution < -0.4 is 10.0 Å². The molecule has 0 spiro atoms. The van der Waals surface area contributed by atoms with Crippen molar-refractivity contribution in [2.45, 2.75) is 42.4 Å². The van der Waals surface area contributed by atoms with Gasteiger partial charge < -0.3 is 10.2 Å². The van der Waals surface area contributed by atoms with E-state index < -0.39 is 33.9 Å². The van der Waals surface area contributed by atoms with E-state index in [1.807, 2.05) is 30.3 Å². The molecule has 2 unspecified atom stereocenters. The normalized spacial score (nSPS) is 21.8. The molecule has 1 heterocycles. The van der Waals surface area contributed by atoms with Crippen LogP contribution in [0.2, 0.25) is 0 Å². The molecule has 2 N–H and O–H groups in total. The number of sulfonamides is 1. The number of hydrogen-bond acceptors (Lipinski definition) is 4. The molecule has 0 saturated heterocycles. The van der Waals surface area contributed by atoms with Gasteiger partial charge in [-0.25, -0.2) is 8.42 Å². The second-order valence-corrected chi connectivity index (χ2v) is 10.3. The fourth-order valence-electron chi connectivity index (χ4n) is 4.40. The molecular formula is C26H25N3O4S. The average molecular weight is 476 g/mol. The van der Waals surface area contributed by atoms with Crippen LogP contribution in [-0.4, -0.2) is 31.2 Å². The molecule has 2 amide bonds. The predicted molar refractivity (Wildman–Crippen MR) is 127 cm³/mol. The van der Waals surface area contributed by atoms with Gasteiger partial charge in [0.15, 0.2) is 0 Å². The minimum atomic E-state index is -4.07. The topological polar surface area (TPSA) is 95.6 Å². The molecule has 0 aromatic heterocycles. The fraction of sp³-hybridized carbons (Fsp3) is 0.231. The van der Waals surface area contributed by atoms with Gasteiger partial charge in [0.1, 0.15) is 12.1 Å². The lowest BCUT2D eigenvalue weighted by atomic mass is 10.00. The number of carbonyl (C=O) groups excluding carboxylic acids is 2. The van der Waals surface area contributed by atoms with Gasteiger partial charge in [-0.05, 0) is 30.0 Å². The maximum atomic E-state index is 13.9. The highest BCUT2D eigenvalue weighted by Gasteiger charge is 2.47. The Hall–Kier alpha value is -3.49. The van der Waals surface area contributed by atoms with Gasteiger partial charge in [0.2, 0.25) is 21.8 Å². The first-order chi connectivity index (χ1) is 16.5. The van der Waals surface area contributed by atoms with Crippen molar-refractivity contribution in [2.75, 3.05) is 0 Å². The standard InChI is InChI=1S/C26H25N3O4S/c30-25(27-17-18-9-3-1-4-10-18)24-21-13-7-8-14-22(21)34(32,33)28-23(19-11-5-2-6-12-19)26(31)29(24)20-15-16-20/h1-14,20,23-24,28H,15-17H2,(H,27,30). The maximum Gasteiger partial charge on any atom is 0.247 e. The summed E-state index contributed by atoms with van der Waals surface area (Å²) < 4.78 is 29.4. The fourth-order valence-corrected chi connectivity index (χ4v) is 5.82. The first kappa shape index (κ1) is 22.3. The molecule has 0 bridgehead atoms. The molecule has 5 rings (SSSR count). The van der Waals surface area contributed by atoms with Crippen molar-refractivity contribution in [3.63, 3.8) is 0 Å². The van der Waals surface area contributed by atoms with Gasteiger partial charge in [-0.2, -0.15) is 4.72 Å². The SMILES string of the molecule is O=C(NCc1ccccc1)C1c2ccccc2S(=O)(=O)NC(c2ccccc2)C(=O)N1C1CC1. The molecule has 1 saturated carbocycles. The summed E-state index contributed by atoms with van der Waals surface area (Å²) in [4.78, 5) is 29.1. The van der Waals surface area contributed by atoms with E-state index in [-0.39, 0.29) is 17.5 Å². The van der Waals surface area contributed by atoms with Gasteiger partial charge in [0.25, 0.3) is 0 Å². The molecule has 2 atom stereocenters. The lowest BCUT2D eigenvalue weighted by Crippen LogP contribution is -2.51. The molecule has 2 aliphatic rings. The Morgan fingerprint density at radius 2 is 1.53 bits per heavy atom. The first-order valence-electron chi connectivity index (χ1n) is 11.3. The second kappa shape index (κ2) is 9.04. The second-order valence-electron chi connectivity index (χ2n) is 8.59. The van der Waals surface area contributed by atoms with E-state index in [4.69, 9.17) is 0 Å². The van der Waals surface area contributed by atoms with Crippen molar-refractivity contribution in [2.24, 2.45) is 0 Å². The number of carbonyl (C=O) groups is 2. The third kappa shape index (κ3) is 4.34. The van der Waals surface area contributed by atoms with Crippen LogP contribution in [0.3, 0.4) is 0 Å². The van der Waals surface area contributed by atoms with Gasteiger partial charge in [-0.3, -0.25) is 9.59 Å². The van der Waals surface area contributed by atoms with E-state index in [0.717, 1.165) is 18.4 Å². The molecule has 3 aromatic carbocycles. The van der Waals surface area contributed by atoms with Crippen molar-refractivity contribution in [1.82, 2.24) is 14.9 Å². The minimum absolute atomic E-state index is 0.00828. The van der Waals surface area contributed by atoms with E-state index in [2.05, 4.69) is 10.0 Å². The van der Waals surface area contributed by atoms with Crippen LogP contribution >= 0.6 is 0 Å². The van der Waals surface area contributed by atoms with E-state index in [1.165, 1.54) is 6.07 Å². The van der Waals surface area contributed by atoms with E-state index in [0.29, 0.717) is 11.1 Å². The lowest BCUT2D eigenvalue weighted by molar-refractivity contribution is -0.143. The van der Waals surface area contributed by atoms with Crippen LogP contribution in [-0.2, 0) is 26.2 Å². The number of amides is 2. The van der Waals surface area contributed by atoms with E-state index >= 15 is 0 Å². The molecule has 8 heteroatoms. The molecule has 7 nitrogen and oxygen atoms in total. The molecule has 3 aromatic rings. The highest BCUT2D eigenvalue weighted by Crippen LogP contribution is 2.40. The summed E-state index contributed by atoms with van der Waals surface area (Å²) in [7, 11) is -4.07. The molecule has 0 radical (unpaired) electrons. The Bertz CT molecular complexity index is 1310. The highest BCUT2D eigenvalue weighted by atomic mass is 32.2. The van der Waals surface area contributed by atoms with Gasteiger partial charge >= 0.3 is 0 Å². The Balaban J connectivity index is 1.60. The molecular weight excluding hydrogens is 450 g/mol. The van der Waals surface area contributed by atoms with Crippen molar-refractivity contribution in [1.29, 1.82) is 0 Å². The average Bonchev–Trinajstić information content (AvgIpc) is 3.70. The Morgan fingerprint density at radius 1 is 0.912 bits per heavy atom. The number of nitrogens with one attached hydrogen (secondary N) is 2. The largest absolute Gasteiger partial charge is 0.350 e. The van der Waals surface area contributed by atoms with Crippen LogP contribution in [0.4, 0.5) is 0 Å². The van der Waals surface area contributed by atoms with E-state index in [1.54, 1.807) is 53.4 Å². The monoisotopic (exact) mass is 475 g/mol. The zero-order valence-electron chi connectivity index (χ0n) is 18.4. The molecule has 34 heavy (non-hydrogen) atoms. The molecule has 1 fully saturated rings. The van der Waals surface area contributed by atoms with Crippen LogP contribution in [0.5, 0.6) is 0 Å². The van der Waals surface area contributed by atoms with Crippen LogP contribution in [0.1, 0.15) is 41.6 Å². The highest BCUT2D eigenvalue weighted by molar-refractivity contribution is 7.89. The Kier molecular flexibility index (Phi) is 5.93. The van der Waals surface area contributed by atoms with Gasteiger partial charge in [-0.15, -0.1) is 0 Å². The third-order valence-electron chi connectivity index (χ3n) is 6.19. The van der Waals surface area contributed by atoms with Crippen molar-refractivity contribution >= 4 is 21.8 Å². The molecule has 1 aliphatic carbocycles. The van der Waals surface area contributed by atoms with Crippen LogP contribution in [0.15, 0.2) is 89.8 Å². The predicted octanol–water partition coefficient (Wildman–Crippen LogP) is 3.07. The summed E-state index contributed by atoms with van der Waals surface area (Å²) in [6.45, 7) is 0.276. The first-order valence-corrected chi connectivity index (χ1v) is 12.7. The van der Waals surface area contributed by atoms with Gasteiger partial charge in [0.05, 0.1) is 4.90 Å². The minimum Gasteiger partial charge on any atom is -0.350 e. The number of rotatable bonds is 5. The summed E-state index contributed by atoms with van der Waals surface area (Å²) in [5.74, 6) is -0.827. The smallest absolute Gasteiger partial charge is 0.247 e. The number of hydrogen-bond donors (Lipinski definition) is 2. The summed E-state index contributed by atoms with van der Waals surface area (Å²) in [6.07, 6.45) is 1.54. The molecule has 174 valence electrons. The van der Waals surface area contributed by atoms with Gasteiger partial charge in [0, 0.05) is 18.2 Å². The van der Waals surface area contributed by atoms with Gasteiger partial charge in [-0.1, -0.05) is 78.9 Å².